The van der Waals surface area contributed by atoms with E-state index in [1.807, 2.05) is 20.8 Å². The van der Waals surface area contributed by atoms with Gasteiger partial charge >= 0.3 is 0 Å². The van der Waals surface area contributed by atoms with Crippen LogP contribution in [-0.2, 0) is 0 Å². The van der Waals surface area contributed by atoms with E-state index >= 15 is 0 Å². The molecule has 2 heterocycles. The van der Waals surface area contributed by atoms with E-state index in [1.54, 1.807) is 18.2 Å². The van der Waals surface area contributed by atoms with Crippen LogP contribution in [0.25, 0.3) is 16.8 Å². The topological polar surface area (TPSA) is 50.2 Å². The molecule has 4 nitrogen and oxygen atoms in total. The molecule has 5 heteroatoms. The average molecular weight is 285 g/mol. The van der Waals surface area contributed by atoms with Crippen LogP contribution in [0.2, 0.25) is 0 Å². The number of rotatable bonds is 2. The Labute approximate surface area is 121 Å². The van der Waals surface area contributed by atoms with Gasteiger partial charge in [-0.05, 0) is 30.5 Å². The number of aromatic nitrogens is 3. The lowest BCUT2D eigenvalue weighted by Gasteiger charge is -2.05. The summed E-state index contributed by atoms with van der Waals surface area (Å²) in [5.41, 5.74) is 3.68. The molecule has 0 fully saturated rings. The van der Waals surface area contributed by atoms with Crippen LogP contribution in [0.5, 0.6) is 0 Å². The number of fused-ring (bicyclic) bond motifs is 1. The molecule has 0 aliphatic heterocycles. The minimum Gasteiger partial charge on any atom is -0.293 e. The zero-order chi connectivity index (χ0) is 15.1. The molecule has 3 rings (SSSR count). The van der Waals surface area contributed by atoms with Gasteiger partial charge in [-0.3, -0.25) is 9.89 Å². The molecule has 0 bridgehead atoms. The second-order valence-corrected chi connectivity index (χ2v) is 5.45. The fraction of sp³-hybridized carbons (Fsp3) is 0.250. The van der Waals surface area contributed by atoms with Crippen LogP contribution in [0.15, 0.2) is 35.1 Å². The van der Waals surface area contributed by atoms with Crippen molar-refractivity contribution in [1.29, 1.82) is 0 Å². The highest BCUT2D eigenvalue weighted by atomic mass is 19.1. The Balaban J connectivity index is 2.34. The van der Waals surface area contributed by atoms with Crippen molar-refractivity contribution in [2.75, 3.05) is 0 Å². The summed E-state index contributed by atoms with van der Waals surface area (Å²) in [5, 5.41) is 3.02. The highest BCUT2D eigenvalue weighted by Gasteiger charge is 2.15. The SMILES string of the molecule is Cc1[nH]n2c(=O)cc(C(C)C)nc2c1-c1ccc(F)cc1. The number of H-pyrrole nitrogens is 1. The molecule has 0 amide bonds. The molecule has 0 unspecified atom stereocenters. The van der Waals surface area contributed by atoms with Gasteiger partial charge in [0.25, 0.3) is 5.56 Å². The van der Waals surface area contributed by atoms with Crippen molar-refractivity contribution >= 4 is 5.65 Å². The standard InChI is InChI=1S/C16H16FN3O/c1-9(2)13-8-14(21)20-16(18-13)15(10(3)19-20)11-4-6-12(17)7-5-11/h4-9,19H,1-3H3. The molecule has 0 atom stereocenters. The lowest BCUT2D eigenvalue weighted by molar-refractivity contribution is 0.628. The van der Waals surface area contributed by atoms with Crippen LogP contribution in [0.4, 0.5) is 4.39 Å². The van der Waals surface area contributed by atoms with Gasteiger partial charge in [-0.15, -0.1) is 0 Å². The third kappa shape index (κ3) is 2.24. The lowest BCUT2D eigenvalue weighted by atomic mass is 10.1. The monoisotopic (exact) mass is 285 g/mol. The van der Waals surface area contributed by atoms with Gasteiger partial charge in [0, 0.05) is 17.3 Å². The highest BCUT2D eigenvalue weighted by molar-refractivity contribution is 5.79. The largest absolute Gasteiger partial charge is 0.293 e. The molecule has 0 radical (unpaired) electrons. The van der Waals surface area contributed by atoms with Crippen molar-refractivity contribution in [3.05, 3.63) is 57.9 Å². The van der Waals surface area contributed by atoms with Gasteiger partial charge in [-0.1, -0.05) is 26.0 Å². The first-order valence-electron chi connectivity index (χ1n) is 6.85. The molecule has 2 aromatic heterocycles. The zero-order valence-corrected chi connectivity index (χ0v) is 12.1. The van der Waals surface area contributed by atoms with Gasteiger partial charge in [-0.2, -0.15) is 0 Å². The Hall–Kier alpha value is -2.43. The minimum atomic E-state index is -0.288. The number of hydrogen-bond donors (Lipinski definition) is 1. The first-order chi connectivity index (χ1) is 9.97. The summed E-state index contributed by atoms with van der Waals surface area (Å²) in [7, 11) is 0. The molecule has 1 aromatic carbocycles. The average Bonchev–Trinajstić information content (AvgIpc) is 2.77. The molecule has 1 N–H and O–H groups in total. The summed E-state index contributed by atoms with van der Waals surface area (Å²) in [6, 6.07) is 7.74. The van der Waals surface area contributed by atoms with Crippen LogP contribution in [0, 0.1) is 12.7 Å². The van der Waals surface area contributed by atoms with Crippen molar-refractivity contribution in [2.45, 2.75) is 26.7 Å². The van der Waals surface area contributed by atoms with Crippen molar-refractivity contribution in [3.8, 4) is 11.1 Å². The molecular formula is C16H16FN3O. The van der Waals surface area contributed by atoms with E-state index in [-0.39, 0.29) is 17.3 Å². The summed E-state index contributed by atoms with van der Waals surface area (Å²) in [6.07, 6.45) is 0. The fourth-order valence-electron chi connectivity index (χ4n) is 2.42. The van der Waals surface area contributed by atoms with Crippen LogP contribution < -0.4 is 5.56 Å². The molecule has 0 saturated heterocycles. The summed E-state index contributed by atoms with van der Waals surface area (Å²) in [6.45, 7) is 5.87. The third-order valence-corrected chi connectivity index (χ3v) is 3.54. The maximum absolute atomic E-state index is 13.1. The van der Waals surface area contributed by atoms with E-state index in [0.29, 0.717) is 5.65 Å². The van der Waals surface area contributed by atoms with Gasteiger partial charge in [0.15, 0.2) is 5.65 Å². The Kier molecular flexibility index (Phi) is 3.12. The van der Waals surface area contributed by atoms with Crippen LogP contribution >= 0.6 is 0 Å². The van der Waals surface area contributed by atoms with E-state index in [9.17, 15) is 9.18 Å². The molecule has 3 aromatic rings. The first-order valence-corrected chi connectivity index (χ1v) is 6.85. The van der Waals surface area contributed by atoms with Crippen LogP contribution in [-0.4, -0.2) is 14.6 Å². The second kappa shape index (κ2) is 4.84. The van der Waals surface area contributed by atoms with Gasteiger partial charge in [0.1, 0.15) is 5.82 Å². The second-order valence-electron chi connectivity index (χ2n) is 5.45. The number of halogens is 1. The Morgan fingerprint density at radius 3 is 2.52 bits per heavy atom. The zero-order valence-electron chi connectivity index (χ0n) is 12.1. The van der Waals surface area contributed by atoms with Gasteiger partial charge in [0.05, 0.1) is 5.69 Å². The van der Waals surface area contributed by atoms with E-state index in [1.165, 1.54) is 16.6 Å². The fourth-order valence-corrected chi connectivity index (χ4v) is 2.42. The minimum absolute atomic E-state index is 0.139. The number of benzene rings is 1. The van der Waals surface area contributed by atoms with Crippen molar-refractivity contribution < 1.29 is 4.39 Å². The number of aryl methyl sites for hydroxylation is 1. The predicted octanol–water partition coefficient (Wildman–Crippen LogP) is 3.26. The van der Waals surface area contributed by atoms with Gasteiger partial charge in [0.2, 0.25) is 0 Å². The lowest BCUT2D eigenvalue weighted by Crippen LogP contribution is -2.16. The number of hydrogen-bond acceptors (Lipinski definition) is 2. The molecule has 0 saturated carbocycles. The predicted molar refractivity (Wildman–Crippen MR) is 80.0 cm³/mol. The molecular weight excluding hydrogens is 269 g/mol. The highest BCUT2D eigenvalue weighted by Crippen LogP contribution is 2.27. The maximum atomic E-state index is 13.1. The summed E-state index contributed by atoms with van der Waals surface area (Å²) in [5.74, 6) is -0.122. The van der Waals surface area contributed by atoms with Gasteiger partial charge < -0.3 is 0 Å². The van der Waals surface area contributed by atoms with E-state index in [2.05, 4.69) is 10.1 Å². The Bertz CT molecular complexity index is 860. The summed E-state index contributed by atoms with van der Waals surface area (Å²) >= 11 is 0. The Morgan fingerprint density at radius 1 is 1.24 bits per heavy atom. The summed E-state index contributed by atoms with van der Waals surface area (Å²) in [4.78, 5) is 16.8. The molecule has 0 aliphatic rings. The van der Waals surface area contributed by atoms with E-state index in [4.69, 9.17) is 0 Å². The molecule has 0 spiro atoms. The van der Waals surface area contributed by atoms with Crippen molar-refractivity contribution in [1.82, 2.24) is 14.6 Å². The smallest absolute Gasteiger partial charge is 0.272 e. The van der Waals surface area contributed by atoms with Crippen molar-refractivity contribution in [2.24, 2.45) is 0 Å². The third-order valence-electron chi connectivity index (χ3n) is 3.54. The van der Waals surface area contributed by atoms with Crippen LogP contribution in [0.1, 0.15) is 31.2 Å². The summed E-state index contributed by atoms with van der Waals surface area (Å²) < 4.78 is 14.5. The van der Waals surface area contributed by atoms with E-state index in [0.717, 1.165) is 22.5 Å². The van der Waals surface area contributed by atoms with Crippen molar-refractivity contribution in [3.63, 3.8) is 0 Å². The van der Waals surface area contributed by atoms with Gasteiger partial charge in [-0.25, -0.2) is 13.9 Å². The molecule has 108 valence electrons. The van der Waals surface area contributed by atoms with E-state index < -0.39 is 0 Å². The number of nitrogens with zero attached hydrogens (tertiary/aromatic N) is 2. The maximum Gasteiger partial charge on any atom is 0.272 e. The normalized spacial score (nSPS) is 11.5. The molecule has 21 heavy (non-hydrogen) atoms. The number of aromatic amines is 1. The quantitative estimate of drug-likeness (QED) is 0.785. The molecule has 0 aliphatic carbocycles. The van der Waals surface area contributed by atoms with Crippen LogP contribution in [0.3, 0.4) is 0 Å². The number of nitrogens with one attached hydrogen (secondary N) is 1. The first kappa shape index (κ1) is 13.5. The Morgan fingerprint density at radius 2 is 1.90 bits per heavy atom.